The molecule has 0 aliphatic carbocycles. The summed E-state index contributed by atoms with van der Waals surface area (Å²) in [4.78, 5) is 39.2. The number of benzene rings is 2. The minimum absolute atomic E-state index is 0.0766. The molecule has 1 aliphatic heterocycles. The Balaban J connectivity index is 1.27. The Morgan fingerprint density at radius 2 is 1.80 bits per heavy atom. The summed E-state index contributed by atoms with van der Waals surface area (Å²) in [5, 5.41) is 7.73. The summed E-state index contributed by atoms with van der Waals surface area (Å²) in [5.41, 5.74) is 1.90. The summed E-state index contributed by atoms with van der Waals surface area (Å²) in [6.45, 7) is 4.22. The fourth-order valence-corrected chi connectivity index (χ4v) is 4.94. The number of carbonyl (C=O) groups is 2. The molecule has 0 spiro atoms. The average molecular weight is 582 g/mol. The molecule has 208 valence electrons. The topological polar surface area (TPSA) is 112 Å². The number of hydrogen-bond donors (Lipinski definition) is 3. The van der Waals surface area contributed by atoms with E-state index < -0.39 is 0 Å². The second-order valence-electron chi connectivity index (χ2n) is 9.74. The van der Waals surface area contributed by atoms with Crippen molar-refractivity contribution in [1.82, 2.24) is 25.2 Å². The lowest BCUT2D eigenvalue weighted by Crippen LogP contribution is -2.39. The Bertz CT molecular complexity index is 1500. The van der Waals surface area contributed by atoms with Crippen LogP contribution in [0.3, 0.4) is 0 Å². The predicted molar refractivity (Wildman–Crippen MR) is 157 cm³/mol. The zero-order chi connectivity index (χ0) is 28.1. The maximum absolute atomic E-state index is 13.4. The molecule has 11 heteroatoms. The highest BCUT2D eigenvalue weighted by Crippen LogP contribution is 2.29. The van der Waals surface area contributed by atoms with Crippen molar-refractivity contribution < 1.29 is 14.3 Å². The first-order valence-electron chi connectivity index (χ1n) is 13.2. The number of piperidine rings is 1. The van der Waals surface area contributed by atoms with Crippen molar-refractivity contribution in [3.8, 4) is 17.1 Å². The largest absolute Gasteiger partial charge is 0.493 e. The van der Waals surface area contributed by atoms with E-state index in [1.165, 1.54) is 6.92 Å². The van der Waals surface area contributed by atoms with Gasteiger partial charge in [0.25, 0.3) is 5.91 Å². The number of aromatic nitrogens is 3. The van der Waals surface area contributed by atoms with E-state index in [4.69, 9.17) is 37.9 Å². The highest BCUT2D eigenvalue weighted by atomic mass is 35.5. The smallest absolute Gasteiger partial charge is 0.270 e. The average Bonchev–Trinajstić information content (AvgIpc) is 3.41. The van der Waals surface area contributed by atoms with Gasteiger partial charge in [0.1, 0.15) is 22.9 Å². The van der Waals surface area contributed by atoms with Gasteiger partial charge < -0.3 is 25.3 Å². The van der Waals surface area contributed by atoms with Gasteiger partial charge >= 0.3 is 0 Å². The second kappa shape index (κ2) is 12.6. The number of ether oxygens (including phenoxy) is 1. The Labute approximate surface area is 242 Å². The number of rotatable bonds is 9. The molecule has 0 saturated carbocycles. The normalized spacial score (nSPS) is 13.8. The fraction of sp³-hybridized carbons (Fsp3) is 0.310. The van der Waals surface area contributed by atoms with Crippen LogP contribution in [0.25, 0.3) is 22.4 Å². The van der Waals surface area contributed by atoms with Crippen LogP contribution < -0.4 is 15.4 Å². The maximum Gasteiger partial charge on any atom is 0.270 e. The van der Waals surface area contributed by atoms with E-state index in [1.54, 1.807) is 24.3 Å². The third-order valence-electron chi connectivity index (χ3n) is 6.82. The minimum atomic E-state index is -0.0983. The first-order chi connectivity index (χ1) is 19.4. The highest BCUT2D eigenvalue weighted by molar-refractivity contribution is 6.42. The third kappa shape index (κ3) is 6.66. The number of carbonyl (C=O) groups excluding carboxylic acids is 2. The number of halogens is 2. The zero-order valence-electron chi connectivity index (χ0n) is 22.0. The Kier molecular flexibility index (Phi) is 8.72. The number of amides is 2. The van der Waals surface area contributed by atoms with Crippen molar-refractivity contribution in [3.05, 3.63) is 70.3 Å². The summed E-state index contributed by atoms with van der Waals surface area (Å²) in [7, 11) is 0. The summed E-state index contributed by atoms with van der Waals surface area (Å²) in [5.74, 6) is 1.98. The van der Waals surface area contributed by atoms with Gasteiger partial charge in [-0.3, -0.25) is 9.59 Å². The molecule has 9 nitrogen and oxygen atoms in total. The van der Waals surface area contributed by atoms with Gasteiger partial charge in [-0.1, -0.05) is 53.5 Å². The quantitative estimate of drug-likeness (QED) is 0.228. The number of likely N-dealkylation sites (tertiary alicyclic amines) is 1. The lowest BCUT2D eigenvalue weighted by atomic mass is 9.97. The van der Waals surface area contributed by atoms with Crippen molar-refractivity contribution in [3.63, 3.8) is 0 Å². The van der Waals surface area contributed by atoms with E-state index in [0.717, 1.165) is 23.8 Å². The van der Waals surface area contributed by atoms with Crippen LogP contribution in [0.2, 0.25) is 10.0 Å². The summed E-state index contributed by atoms with van der Waals surface area (Å²) >= 11 is 12.1. The molecule has 5 rings (SSSR count). The molecule has 1 saturated heterocycles. The van der Waals surface area contributed by atoms with Crippen LogP contribution in [0, 0.1) is 5.92 Å². The lowest BCUT2D eigenvalue weighted by molar-refractivity contribution is -0.118. The molecule has 4 aromatic rings. The first-order valence-corrected chi connectivity index (χ1v) is 13.9. The molecule has 0 radical (unpaired) electrons. The monoisotopic (exact) mass is 580 g/mol. The molecule has 3 N–H and O–H groups in total. The number of H-pyrrole nitrogens is 1. The van der Waals surface area contributed by atoms with Gasteiger partial charge in [-0.25, -0.2) is 9.97 Å². The number of aromatic amines is 1. The van der Waals surface area contributed by atoms with Gasteiger partial charge in [-0.05, 0) is 37.0 Å². The van der Waals surface area contributed by atoms with Crippen LogP contribution in [0.1, 0.15) is 30.3 Å². The van der Waals surface area contributed by atoms with Gasteiger partial charge in [0, 0.05) is 44.7 Å². The van der Waals surface area contributed by atoms with E-state index in [-0.39, 0.29) is 11.8 Å². The zero-order valence-corrected chi connectivity index (χ0v) is 23.6. The van der Waals surface area contributed by atoms with Gasteiger partial charge in [0.05, 0.1) is 22.0 Å². The molecular weight excluding hydrogens is 551 g/mol. The lowest BCUT2D eigenvalue weighted by Gasteiger charge is -2.31. The van der Waals surface area contributed by atoms with Crippen LogP contribution >= 0.6 is 23.2 Å². The molecule has 0 atom stereocenters. The molecule has 2 aromatic carbocycles. The van der Waals surface area contributed by atoms with Crippen LogP contribution in [-0.4, -0.2) is 64.5 Å². The minimum Gasteiger partial charge on any atom is -0.493 e. The molecule has 2 aromatic heterocycles. The standard InChI is InChI=1S/C29H30Cl2N6O3/c1-18(38)32-11-12-33-27-22-16-25(34-28(22)36-26(35-27)20-5-3-2-4-6-20)29(39)37-13-9-19(10-14-37)17-40-21-7-8-23(30)24(31)15-21/h2-8,15-16,19H,9-14,17H2,1H3,(H,32,38)(H2,33,34,35,36). The summed E-state index contributed by atoms with van der Waals surface area (Å²) in [6, 6.07) is 16.7. The van der Waals surface area contributed by atoms with Gasteiger partial charge in [0.15, 0.2) is 5.82 Å². The van der Waals surface area contributed by atoms with Crippen LogP contribution in [0.15, 0.2) is 54.6 Å². The fourth-order valence-electron chi connectivity index (χ4n) is 4.65. The second-order valence-corrected chi connectivity index (χ2v) is 10.6. The van der Waals surface area contributed by atoms with E-state index in [2.05, 4.69) is 15.6 Å². The third-order valence-corrected chi connectivity index (χ3v) is 7.56. The van der Waals surface area contributed by atoms with Crippen molar-refractivity contribution >= 4 is 51.9 Å². The number of anilines is 1. The van der Waals surface area contributed by atoms with Crippen molar-refractivity contribution in [1.29, 1.82) is 0 Å². The number of nitrogens with one attached hydrogen (secondary N) is 3. The summed E-state index contributed by atoms with van der Waals surface area (Å²) < 4.78 is 5.92. The molecule has 40 heavy (non-hydrogen) atoms. The Morgan fingerprint density at radius 1 is 1.02 bits per heavy atom. The van der Waals surface area contributed by atoms with Gasteiger partial charge in [-0.2, -0.15) is 0 Å². The number of fused-ring (bicyclic) bond motifs is 1. The Morgan fingerprint density at radius 3 is 2.52 bits per heavy atom. The van der Waals surface area contributed by atoms with Crippen molar-refractivity contribution in [2.45, 2.75) is 19.8 Å². The molecule has 1 fully saturated rings. The molecule has 2 amide bonds. The van der Waals surface area contributed by atoms with Crippen LogP contribution in [0.4, 0.5) is 5.82 Å². The summed E-state index contributed by atoms with van der Waals surface area (Å²) in [6.07, 6.45) is 1.67. The number of nitrogens with zero attached hydrogens (tertiary/aromatic N) is 3. The molecule has 0 unspecified atom stereocenters. The van der Waals surface area contributed by atoms with Crippen molar-refractivity contribution in [2.24, 2.45) is 5.92 Å². The highest BCUT2D eigenvalue weighted by Gasteiger charge is 2.26. The predicted octanol–water partition coefficient (Wildman–Crippen LogP) is 5.41. The number of hydrogen-bond acceptors (Lipinski definition) is 6. The SMILES string of the molecule is CC(=O)NCCNc1nc(-c2ccccc2)nc2[nH]c(C(=O)N3CCC(COc4ccc(Cl)c(Cl)c4)CC3)cc12. The van der Waals surface area contributed by atoms with Gasteiger partial charge in [-0.15, -0.1) is 0 Å². The van der Waals surface area contributed by atoms with E-state index in [0.29, 0.717) is 77.5 Å². The first kappa shape index (κ1) is 27.7. The molecule has 0 bridgehead atoms. The molecule has 3 heterocycles. The Hall–Kier alpha value is -3.82. The van der Waals surface area contributed by atoms with Crippen LogP contribution in [0.5, 0.6) is 5.75 Å². The van der Waals surface area contributed by atoms with E-state index >= 15 is 0 Å². The van der Waals surface area contributed by atoms with Gasteiger partial charge in [0.2, 0.25) is 5.91 Å². The van der Waals surface area contributed by atoms with E-state index in [1.807, 2.05) is 35.2 Å². The van der Waals surface area contributed by atoms with Crippen LogP contribution in [-0.2, 0) is 4.79 Å². The molecule has 1 aliphatic rings. The molecular formula is C29H30Cl2N6O3. The van der Waals surface area contributed by atoms with E-state index in [9.17, 15) is 9.59 Å². The van der Waals surface area contributed by atoms with Crippen molar-refractivity contribution in [2.75, 3.05) is 38.1 Å². The maximum atomic E-state index is 13.4.